The van der Waals surface area contributed by atoms with Crippen LogP contribution in [-0.4, -0.2) is 16.5 Å². The molecule has 0 fully saturated rings. The van der Waals surface area contributed by atoms with Crippen molar-refractivity contribution < 1.29 is 4.42 Å². The van der Waals surface area contributed by atoms with E-state index in [0.717, 1.165) is 39.4 Å². The van der Waals surface area contributed by atoms with Crippen LogP contribution in [0.4, 0.5) is 5.82 Å². The molecule has 0 bridgehead atoms. The second-order valence-electron chi connectivity index (χ2n) is 4.80. The van der Waals surface area contributed by atoms with E-state index in [1.54, 1.807) is 12.5 Å². The lowest BCUT2D eigenvalue weighted by Gasteiger charge is -2.13. The Hall–Kier alpha value is -1.11. The lowest BCUT2D eigenvalue weighted by atomic mass is 10.1. The highest BCUT2D eigenvalue weighted by molar-refractivity contribution is 14.1. The number of rotatable bonds is 5. The third-order valence-electron chi connectivity index (χ3n) is 2.65. The van der Waals surface area contributed by atoms with Crippen LogP contribution < -0.4 is 5.32 Å². The molecule has 0 atom stereocenters. The molecule has 0 aliphatic heterocycles. The van der Waals surface area contributed by atoms with Gasteiger partial charge in [-0.1, -0.05) is 13.8 Å². The number of anilines is 1. The summed E-state index contributed by atoms with van der Waals surface area (Å²) in [6, 6.07) is 1.89. The molecule has 0 unspecified atom stereocenters. The van der Waals surface area contributed by atoms with Crippen molar-refractivity contribution >= 4 is 28.4 Å². The van der Waals surface area contributed by atoms with E-state index >= 15 is 0 Å². The van der Waals surface area contributed by atoms with Crippen LogP contribution in [0.1, 0.15) is 26.5 Å². The fraction of sp³-hybridized carbons (Fsp3) is 0.429. The predicted molar refractivity (Wildman–Crippen MR) is 85.2 cm³/mol. The fourth-order valence-electron chi connectivity index (χ4n) is 1.82. The molecule has 4 nitrogen and oxygen atoms in total. The number of nitrogens with one attached hydrogen (secondary N) is 1. The average Bonchev–Trinajstić information content (AvgIpc) is 2.87. The van der Waals surface area contributed by atoms with Crippen LogP contribution in [0.5, 0.6) is 0 Å². The smallest absolute Gasteiger partial charge is 0.165 e. The number of hydrogen-bond acceptors (Lipinski definition) is 4. The fourth-order valence-corrected chi connectivity index (χ4v) is 2.47. The highest BCUT2D eigenvalue weighted by Crippen LogP contribution is 2.25. The van der Waals surface area contributed by atoms with Crippen molar-refractivity contribution in [3.8, 4) is 11.4 Å². The Morgan fingerprint density at radius 1 is 1.37 bits per heavy atom. The molecular weight excluding hydrogens is 353 g/mol. The van der Waals surface area contributed by atoms with Crippen LogP contribution in [0, 0.1) is 9.49 Å². The van der Waals surface area contributed by atoms with Crippen molar-refractivity contribution in [2.75, 3.05) is 11.9 Å². The summed E-state index contributed by atoms with van der Waals surface area (Å²) >= 11 is 2.32. The maximum atomic E-state index is 5.12. The summed E-state index contributed by atoms with van der Waals surface area (Å²) in [4.78, 5) is 9.26. The summed E-state index contributed by atoms with van der Waals surface area (Å²) in [5.41, 5.74) is 2.01. The van der Waals surface area contributed by atoms with Gasteiger partial charge in [0, 0.05) is 6.54 Å². The topological polar surface area (TPSA) is 51.0 Å². The number of furan rings is 1. The third-order valence-corrected chi connectivity index (χ3v) is 3.78. The number of hydrogen-bond donors (Lipinski definition) is 1. The molecule has 0 aromatic carbocycles. The Morgan fingerprint density at radius 3 is 2.74 bits per heavy atom. The zero-order valence-electron chi connectivity index (χ0n) is 11.4. The molecule has 0 spiro atoms. The summed E-state index contributed by atoms with van der Waals surface area (Å²) in [6.45, 7) is 7.31. The maximum absolute atomic E-state index is 5.12. The summed E-state index contributed by atoms with van der Waals surface area (Å²) in [7, 11) is 0. The van der Waals surface area contributed by atoms with Gasteiger partial charge in [-0.2, -0.15) is 0 Å². The first-order chi connectivity index (χ1) is 9.11. The molecule has 2 aromatic heterocycles. The van der Waals surface area contributed by atoms with E-state index in [1.165, 1.54) is 0 Å². The highest BCUT2D eigenvalue weighted by atomic mass is 127. The molecule has 2 rings (SSSR count). The van der Waals surface area contributed by atoms with Crippen molar-refractivity contribution in [2.24, 2.45) is 5.92 Å². The zero-order chi connectivity index (χ0) is 13.8. The van der Waals surface area contributed by atoms with Crippen LogP contribution >= 0.6 is 22.6 Å². The van der Waals surface area contributed by atoms with E-state index in [9.17, 15) is 0 Å². The summed E-state index contributed by atoms with van der Waals surface area (Å²) in [5.74, 6) is 2.20. The molecule has 0 radical (unpaired) electrons. The molecule has 102 valence electrons. The molecule has 0 amide bonds. The SMILES string of the molecule is CCNc1nc(-c2ccoc2)nc(CC(C)C)c1I. The summed E-state index contributed by atoms with van der Waals surface area (Å²) in [5, 5.41) is 3.30. The minimum Gasteiger partial charge on any atom is -0.472 e. The lowest BCUT2D eigenvalue weighted by Crippen LogP contribution is -2.09. The first-order valence-electron chi connectivity index (χ1n) is 6.44. The molecule has 0 aliphatic rings. The monoisotopic (exact) mass is 371 g/mol. The second-order valence-corrected chi connectivity index (χ2v) is 5.88. The van der Waals surface area contributed by atoms with Crippen LogP contribution in [0.25, 0.3) is 11.4 Å². The minimum atomic E-state index is 0.565. The van der Waals surface area contributed by atoms with Crippen molar-refractivity contribution in [2.45, 2.75) is 27.2 Å². The Bertz CT molecular complexity index is 538. The molecule has 19 heavy (non-hydrogen) atoms. The first-order valence-corrected chi connectivity index (χ1v) is 7.52. The average molecular weight is 371 g/mol. The van der Waals surface area contributed by atoms with E-state index in [-0.39, 0.29) is 0 Å². The minimum absolute atomic E-state index is 0.565. The van der Waals surface area contributed by atoms with E-state index < -0.39 is 0 Å². The number of nitrogens with zero attached hydrogens (tertiary/aromatic N) is 2. The molecular formula is C14H18IN3O. The Morgan fingerprint density at radius 2 is 2.16 bits per heavy atom. The van der Waals surface area contributed by atoms with Crippen LogP contribution in [0.2, 0.25) is 0 Å². The first kappa shape index (κ1) is 14.3. The summed E-state index contributed by atoms with van der Waals surface area (Å²) < 4.78 is 6.23. The van der Waals surface area contributed by atoms with Gasteiger partial charge in [0.15, 0.2) is 5.82 Å². The molecule has 2 heterocycles. The van der Waals surface area contributed by atoms with E-state index in [2.05, 4.69) is 58.6 Å². The number of halogens is 1. The van der Waals surface area contributed by atoms with Gasteiger partial charge in [-0.15, -0.1) is 0 Å². The Kier molecular flexibility index (Phi) is 4.79. The van der Waals surface area contributed by atoms with E-state index in [4.69, 9.17) is 4.42 Å². The van der Waals surface area contributed by atoms with Gasteiger partial charge in [0.2, 0.25) is 0 Å². The zero-order valence-corrected chi connectivity index (χ0v) is 13.6. The number of aromatic nitrogens is 2. The van der Waals surface area contributed by atoms with Gasteiger partial charge in [0.25, 0.3) is 0 Å². The quantitative estimate of drug-likeness (QED) is 0.809. The van der Waals surface area contributed by atoms with Gasteiger partial charge < -0.3 is 9.73 Å². The standard InChI is InChI=1S/C14H18IN3O/c1-4-16-14-12(15)11(7-9(2)3)17-13(18-14)10-5-6-19-8-10/h5-6,8-9H,4,7H2,1-3H3,(H,16,17,18). The van der Waals surface area contributed by atoms with E-state index in [1.807, 2.05) is 6.07 Å². The Labute approximate surface area is 127 Å². The van der Waals surface area contributed by atoms with Gasteiger partial charge in [-0.05, 0) is 47.9 Å². The van der Waals surface area contributed by atoms with Crippen molar-refractivity contribution in [3.05, 3.63) is 27.9 Å². The van der Waals surface area contributed by atoms with E-state index in [0.29, 0.717) is 5.92 Å². The van der Waals surface area contributed by atoms with Crippen molar-refractivity contribution in [1.29, 1.82) is 0 Å². The second kappa shape index (κ2) is 6.36. The lowest BCUT2D eigenvalue weighted by molar-refractivity contribution is 0.568. The molecule has 2 aromatic rings. The van der Waals surface area contributed by atoms with Crippen LogP contribution in [-0.2, 0) is 6.42 Å². The van der Waals surface area contributed by atoms with Crippen LogP contribution in [0.3, 0.4) is 0 Å². The Balaban J connectivity index is 2.47. The largest absolute Gasteiger partial charge is 0.472 e. The van der Waals surface area contributed by atoms with Gasteiger partial charge in [0.1, 0.15) is 12.1 Å². The molecule has 5 heteroatoms. The van der Waals surface area contributed by atoms with Crippen LogP contribution in [0.15, 0.2) is 23.0 Å². The predicted octanol–water partition coefficient (Wildman–Crippen LogP) is 3.97. The normalized spacial score (nSPS) is 11.0. The maximum Gasteiger partial charge on any atom is 0.165 e. The molecule has 0 saturated heterocycles. The van der Waals surface area contributed by atoms with Gasteiger partial charge in [-0.3, -0.25) is 0 Å². The van der Waals surface area contributed by atoms with Gasteiger partial charge in [0.05, 0.1) is 21.1 Å². The molecule has 0 aliphatic carbocycles. The van der Waals surface area contributed by atoms with Gasteiger partial charge >= 0.3 is 0 Å². The van der Waals surface area contributed by atoms with Crippen molar-refractivity contribution in [3.63, 3.8) is 0 Å². The third kappa shape index (κ3) is 3.46. The molecule has 1 N–H and O–H groups in total. The molecule has 0 saturated carbocycles. The summed E-state index contributed by atoms with van der Waals surface area (Å²) in [6.07, 6.45) is 4.27. The highest BCUT2D eigenvalue weighted by Gasteiger charge is 2.14. The van der Waals surface area contributed by atoms with Crippen molar-refractivity contribution in [1.82, 2.24) is 9.97 Å². The van der Waals surface area contributed by atoms with Gasteiger partial charge in [-0.25, -0.2) is 9.97 Å².